The number of amides is 1. The summed E-state index contributed by atoms with van der Waals surface area (Å²) < 4.78 is 38.9. The molecule has 4 aromatic carbocycles. The molecule has 9 nitrogen and oxygen atoms in total. The number of halogens is 2. The first-order chi connectivity index (χ1) is 18.0. The average Bonchev–Trinajstić information content (AvgIpc) is 2.87. The summed E-state index contributed by atoms with van der Waals surface area (Å²) in [5.74, 6) is -0.732. The van der Waals surface area contributed by atoms with E-state index < -0.39 is 26.7 Å². The van der Waals surface area contributed by atoms with Gasteiger partial charge in [-0.1, -0.05) is 54.4 Å². The van der Waals surface area contributed by atoms with E-state index in [-0.39, 0.29) is 27.0 Å². The van der Waals surface area contributed by atoms with Crippen molar-refractivity contribution in [2.45, 2.75) is 18.2 Å². The number of aryl methyl sites for hydroxylation is 1. The maximum atomic E-state index is 13.1. The maximum absolute atomic E-state index is 13.1. The molecule has 0 saturated carbocycles. The van der Waals surface area contributed by atoms with Gasteiger partial charge in [-0.05, 0) is 53.8 Å². The number of ether oxygens (including phenoxy) is 1. The lowest BCUT2D eigenvalue weighted by atomic mass is 10.0. The van der Waals surface area contributed by atoms with E-state index in [4.69, 9.17) is 27.9 Å². The molecular formula is C26H21Cl2N3O6S. The molecular weight excluding hydrogens is 553 g/mol. The van der Waals surface area contributed by atoms with Crippen LogP contribution in [-0.2, 0) is 16.5 Å². The number of benzene rings is 4. The molecule has 38 heavy (non-hydrogen) atoms. The summed E-state index contributed by atoms with van der Waals surface area (Å²) in [6, 6.07) is 15.7. The molecule has 196 valence electrons. The fraction of sp³-hybridized carbons (Fsp3) is 0.115. The van der Waals surface area contributed by atoms with Crippen LogP contribution in [-0.4, -0.2) is 31.1 Å². The van der Waals surface area contributed by atoms with Crippen molar-refractivity contribution in [3.63, 3.8) is 0 Å². The second-order valence-electron chi connectivity index (χ2n) is 8.10. The Labute approximate surface area is 228 Å². The van der Waals surface area contributed by atoms with Crippen molar-refractivity contribution < 1.29 is 27.6 Å². The summed E-state index contributed by atoms with van der Waals surface area (Å²) in [4.78, 5) is 12.6. The van der Waals surface area contributed by atoms with Crippen LogP contribution in [0.4, 0.5) is 17.1 Å². The first-order valence-electron chi connectivity index (χ1n) is 11.1. The van der Waals surface area contributed by atoms with Gasteiger partial charge in [0.15, 0.2) is 5.75 Å². The van der Waals surface area contributed by atoms with E-state index in [1.807, 2.05) is 0 Å². The molecule has 1 amide bonds. The summed E-state index contributed by atoms with van der Waals surface area (Å²) in [7, 11) is -3.23. The Hall–Kier alpha value is -3.70. The molecule has 0 heterocycles. The maximum Gasteiger partial charge on any atom is 0.296 e. The average molecular weight is 574 g/mol. The number of fused-ring (bicyclic) bond motifs is 1. The first-order valence-corrected chi connectivity index (χ1v) is 13.3. The zero-order valence-corrected chi connectivity index (χ0v) is 22.4. The van der Waals surface area contributed by atoms with Gasteiger partial charge in [0.1, 0.15) is 22.0 Å². The molecule has 0 aliphatic rings. The van der Waals surface area contributed by atoms with E-state index in [0.717, 1.165) is 0 Å². The lowest BCUT2D eigenvalue weighted by Crippen LogP contribution is -2.12. The number of aromatic hydroxyl groups is 1. The Morgan fingerprint density at radius 2 is 1.71 bits per heavy atom. The molecule has 0 radical (unpaired) electrons. The first kappa shape index (κ1) is 27.3. The van der Waals surface area contributed by atoms with Crippen LogP contribution in [0.3, 0.4) is 0 Å². The Kier molecular flexibility index (Phi) is 7.89. The molecule has 4 aromatic rings. The Bertz CT molecular complexity index is 1710. The number of azo groups is 1. The SMILES string of the molecule is CCc1cc(Cl)c(N=Nc2c(O)c(C(=O)Nc3ccc(OC)c(Cl)c3)cc3ccccc23)c(S(=O)(=O)O)c1. The summed E-state index contributed by atoms with van der Waals surface area (Å²) in [5.41, 5.74) is 0.395. The highest BCUT2D eigenvalue weighted by Gasteiger charge is 2.22. The van der Waals surface area contributed by atoms with Gasteiger partial charge in [-0.2, -0.15) is 8.42 Å². The van der Waals surface area contributed by atoms with Crippen LogP contribution in [0.2, 0.25) is 10.0 Å². The molecule has 0 fully saturated rings. The highest BCUT2D eigenvalue weighted by molar-refractivity contribution is 7.86. The van der Waals surface area contributed by atoms with Crippen LogP contribution in [0, 0.1) is 0 Å². The molecule has 0 unspecified atom stereocenters. The van der Waals surface area contributed by atoms with Crippen molar-refractivity contribution in [2.24, 2.45) is 10.2 Å². The van der Waals surface area contributed by atoms with Crippen molar-refractivity contribution in [2.75, 3.05) is 12.4 Å². The number of nitrogens with zero attached hydrogens (tertiary/aromatic N) is 2. The van der Waals surface area contributed by atoms with Crippen molar-refractivity contribution >= 4 is 67.1 Å². The molecule has 0 saturated heterocycles. The highest BCUT2D eigenvalue weighted by atomic mass is 35.5. The number of carbonyl (C=O) groups excluding carboxylic acids is 1. The Morgan fingerprint density at radius 3 is 2.37 bits per heavy atom. The zero-order valence-electron chi connectivity index (χ0n) is 20.1. The molecule has 0 bridgehead atoms. The van der Waals surface area contributed by atoms with E-state index >= 15 is 0 Å². The number of rotatable bonds is 7. The fourth-order valence-corrected chi connectivity index (χ4v) is 5.05. The lowest BCUT2D eigenvalue weighted by molar-refractivity contribution is 0.102. The summed E-state index contributed by atoms with van der Waals surface area (Å²) in [6.45, 7) is 1.79. The molecule has 0 aliphatic carbocycles. The predicted octanol–water partition coefficient (Wildman–Crippen LogP) is 7.34. The van der Waals surface area contributed by atoms with Crippen LogP contribution >= 0.6 is 23.2 Å². The minimum atomic E-state index is -4.69. The number of methoxy groups -OCH3 is 1. The van der Waals surface area contributed by atoms with Crippen molar-refractivity contribution in [3.05, 3.63) is 81.8 Å². The molecule has 0 aromatic heterocycles. The van der Waals surface area contributed by atoms with Gasteiger partial charge >= 0.3 is 0 Å². The third-order valence-electron chi connectivity index (χ3n) is 5.67. The molecule has 3 N–H and O–H groups in total. The van der Waals surface area contributed by atoms with Crippen LogP contribution in [0.25, 0.3) is 10.8 Å². The topological polar surface area (TPSA) is 138 Å². The number of phenols is 1. The summed E-state index contributed by atoms with van der Waals surface area (Å²) >= 11 is 12.4. The fourth-order valence-electron chi connectivity index (χ4n) is 3.76. The van der Waals surface area contributed by atoms with Crippen molar-refractivity contribution in [1.82, 2.24) is 0 Å². The third-order valence-corrected chi connectivity index (χ3v) is 7.12. The van der Waals surface area contributed by atoms with Crippen LogP contribution in [0.1, 0.15) is 22.8 Å². The quantitative estimate of drug-likeness (QED) is 0.156. The standard InChI is InChI=1S/C26H21Cl2N3O6S/c1-3-14-10-20(28)24(22(11-14)38(34,35)36)31-30-23-17-7-5-4-6-15(17)12-18(25(23)32)26(33)29-16-8-9-21(37-2)19(27)13-16/h4-13,32H,3H2,1-2H3,(H,29,33)(H,34,35,36). The third kappa shape index (κ3) is 5.58. The second-order valence-corrected chi connectivity index (χ2v) is 10.3. The molecule has 0 atom stereocenters. The summed E-state index contributed by atoms with van der Waals surface area (Å²) in [6.07, 6.45) is 0.460. The Balaban J connectivity index is 1.82. The van der Waals surface area contributed by atoms with E-state index in [2.05, 4.69) is 15.5 Å². The van der Waals surface area contributed by atoms with Gasteiger partial charge in [0.2, 0.25) is 0 Å². The molecule has 4 rings (SSSR count). The smallest absolute Gasteiger partial charge is 0.296 e. The number of phenolic OH excluding ortho intramolecular Hbond substituents is 1. The number of anilines is 1. The van der Waals surface area contributed by atoms with E-state index in [9.17, 15) is 22.9 Å². The zero-order chi connectivity index (χ0) is 27.6. The largest absolute Gasteiger partial charge is 0.505 e. The highest BCUT2D eigenvalue weighted by Crippen LogP contribution is 2.42. The second kappa shape index (κ2) is 11.0. The van der Waals surface area contributed by atoms with Gasteiger partial charge in [0.05, 0.1) is 22.7 Å². The number of hydrogen-bond acceptors (Lipinski definition) is 7. The van der Waals surface area contributed by atoms with Gasteiger partial charge in [0.25, 0.3) is 16.0 Å². The van der Waals surface area contributed by atoms with Crippen LogP contribution < -0.4 is 10.1 Å². The van der Waals surface area contributed by atoms with Gasteiger partial charge < -0.3 is 15.2 Å². The number of hydrogen-bond donors (Lipinski definition) is 3. The van der Waals surface area contributed by atoms with Crippen LogP contribution in [0.5, 0.6) is 11.5 Å². The van der Waals surface area contributed by atoms with Crippen molar-refractivity contribution in [1.29, 1.82) is 0 Å². The Morgan fingerprint density at radius 1 is 1.00 bits per heavy atom. The summed E-state index contributed by atoms with van der Waals surface area (Å²) in [5, 5.41) is 23.0. The minimum Gasteiger partial charge on any atom is -0.505 e. The molecule has 0 spiro atoms. The van der Waals surface area contributed by atoms with Gasteiger partial charge in [-0.3, -0.25) is 9.35 Å². The van der Waals surface area contributed by atoms with Gasteiger partial charge in [-0.15, -0.1) is 10.2 Å². The molecule has 0 aliphatic heterocycles. The van der Waals surface area contributed by atoms with E-state index in [0.29, 0.717) is 34.2 Å². The van der Waals surface area contributed by atoms with Gasteiger partial charge in [0, 0.05) is 11.1 Å². The molecule has 12 heteroatoms. The number of nitrogens with one attached hydrogen (secondary N) is 1. The van der Waals surface area contributed by atoms with Crippen LogP contribution in [0.15, 0.2) is 75.8 Å². The number of carbonyl (C=O) groups is 1. The minimum absolute atomic E-state index is 0.0604. The normalized spacial score (nSPS) is 11.7. The lowest BCUT2D eigenvalue weighted by Gasteiger charge is -2.12. The monoisotopic (exact) mass is 573 g/mol. The van der Waals surface area contributed by atoms with E-state index in [1.165, 1.54) is 31.4 Å². The predicted molar refractivity (Wildman–Crippen MR) is 146 cm³/mol. The van der Waals surface area contributed by atoms with Gasteiger partial charge in [-0.25, -0.2) is 0 Å². The van der Waals surface area contributed by atoms with Crippen molar-refractivity contribution in [3.8, 4) is 11.5 Å². The van der Waals surface area contributed by atoms with E-state index in [1.54, 1.807) is 43.3 Å².